The van der Waals surface area contributed by atoms with Crippen molar-refractivity contribution in [3.63, 3.8) is 0 Å². The first-order valence-corrected chi connectivity index (χ1v) is 4.95. The van der Waals surface area contributed by atoms with Crippen molar-refractivity contribution < 1.29 is 19.7 Å². The highest BCUT2D eigenvalue weighted by atomic mass is 19.1. The Bertz CT molecular complexity index is 353. The third-order valence-corrected chi connectivity index (χ3v) is 2.47. The summed E-state index contributed by atoms with van der Waals surface area (Å²) in [7, 11) is 0. The number of aromatic hydroxyl groups is 1. The first kappa shape index (κ1) is 12.9. The van der Waals surface area contributed by atoms with Gasteiger partial charge in [0.1, 0.15) is 0 Å². The van der Waals surface area contributed by atoms with Gasteiger partial charge in [-0.05, 0) is 13.0 Å². The summed E-state index contributed by atoms with van der Waals surface area (Å²) in [5.74, 6) is -1.10. The van der Waals surface area contributed by atoms with Crippen LogP contribution in [0, 0.1) is 5.82 Å². The lowest BCUT2D eigenvalue weighted by atomic mass is 10.0. The summed E-state index contributed by atoms with van der Waals surface area (Å²) in [6.07, 6.45) is 0. The van der Waals surface area contributed by atoms with E-state index in [2.05, 4.69) is 5.32 Å². The minimum Gasteiger partial charge on any atom is -0.505 e. The van der Waals surface area contributed by atoms with Gasteiger partial charge in [-0.2, -0.15) is 0 Å². The van der Waals surface area contributed by atoms with Gasteiger partial charge < -0.3 is 20.6 Å². The van der Waals surface area contributed by atoms with Crippen LogP contribution in [0.25, 0.3) is 0 Å². The van der Waals surface area contributed by atoms with E-state index >= 15 is 0 Å². The van der Waals surface area contributed by atoms with Crippen LogP contribution in [0.2, 0.25) is 0 Å². The molecule has 0 aliphatic carbocycles. The molecule has 0 aromatic heterocycles. The maximum absolute atomic E-state index is 13.0. The molecule has 0 saturated carbocycles. The largest absolute Gasteiger partial charge is 0.505 e. The molecule has 16 heavy (non-hydrogen) atoms. The summed E-state index contributed by atoms with van der Waals surface area (Å²) >= 11 is 0. The van der Waals surface area contributed by atoms with Gasteiger partial charge in [0.05, 0.1) is 18.8 Å². The van der Waals surface area contributed by atoms with Crippen molar-refractivity contribution in [2.45, 2.75) is 19.0 Å². The fraction of sp³-hybridized carbons (Fsp3) is 0.455. The molecule has 0 aliphatic rings. The summed E-state index contributed by atoms with van der Waals surface area (Å²) in [5.41, 5.74) is -0.466. The molecular weight excluding hydrogens is 213 g/mol. The number of aliphatic hydroxyl groups excluding tert-OH is 2. The number of rotatable bonds is 5. The van der Waals surface area contributed by atoms with Crippen LogP contribution in [0.1, 0.15) is 12.5 Å². The summed E-state index contributed by atoms with van der Waals surface area (Å²) < 4.78 is 13.0. The van der Waals surface area contributed by atoms with Gasteiger partial charge in [0.2, 0.25) is 0 Å². The predicted octanol–water partition coefficient (Wildman–Crippen LogP) is 0.364. The van der Waals surface area contributed by atoms with Gasteiger partial charge in [-0.25, -0.2) is 4.39 Å². The molecule has 0 saturated heterocycles. The van der Waals surface area contributed by atoms with Crippen LogP contribution >= 0.6 is 0 Å². The smallest absolute Gasteiger partial charge is 0.165 e. The van der Waals surface area contributed by atoms with E-state index in [0.29, 0.717) is 5.56 Å². The Kier molecular flexibility index (Phi) is 4.23. The monoisotopic (exact) mass is 229 g/mol. The standard InChI is InChI=1S/C11H16FNO3/c1-11(6-14,7-15)13-5-8-3-2-4-9(12)10(8)16/h2-4,13-16H,5-7H2,1H3. The van der Waals surface area contributed by atoms with Crippen LogP contribution in [0.15, 0.2) is 18.2 Å². The average molecular weight is 229 g/mol. The Balaban J connectivity index is 2.71. The molecule has 0 spiro atoms. The quantitative estimate of drug-likeness (QED) is 0.588. The zero-order chi connectivity index (χ0) is 12.2. The Hall–Kier alpha value is -1.17. The lowest BCUT2D eigenvalue weighted by Gasteiger charge is -2.26. The average Bonchev–Trinajstić information content (AvgIpc) is 2.31. The molecule has 4 nitrogen and oxygen atoms in total. The third-order valence-electron chi connectivity index (χ3n) is 2.47. The van der Waals surface area contributed by atoms with E-state index in [1.807, 2.05) is 0 Å². The van der Waals surface area contributed by atoms with Crippen LogP contribution in [0.3, 0.4) is 0 Å². The molecular formula is C11H16FNO3. The van der Waals surface area contributed by atoms with E-state index in [1.54, 1.807) is 13.0 Å². The van der Waals surface area contributed by atoms with E-state index in [0.717, 1.165) is 6.07 Å². The van der Waals surface area contributed by atoms with Gasteiger partial charge in [-0.1, -0.05) is 12.1 Å². The van der Waals surface area contributed by atoms with Gasteiger partial charge in [0.25, 0.3) is 0 Å². The SMILES string of the molecule is CC(CO)(CO)NCc1cccc(F)c1O. The molecule has 1 aromatic carbocycles. The maximum atomic E-state index is 13.0. The number of aliphatic hydroxyl groups is 2. The van der Waals surface area contributed by atoms with Crippen molar-refractivity contribution in [2.24, 2.45) is 0 Å². The number of phenolic OH excluding ortho intramolecular Hbond substituents is 1. The van der Waals surface area contributed by atoms with Crippen molar-refractivity contribution in [3.05, 3.63) is 29.6 Å². The van der Waals surface area contributed by atoms with Crippen LogP contribution in [0.4, 0.5) is 4.39 Å². The van der Waals surface area contributed by atoms with Crippen LogP contribution in [0.5, 0.6) is 5.75 Å². The first-order valence-electron chi connectivity index (χ1n) is 4.95. The first-order chi connectivity index (χ1) is 7.52. The summed E-state index contributed by atoms with van der Waals surface area (Å²) in [6.45, 7) is 1.30. The number of hydrogen-bond donors (Lipinski definition) is 4. The van der Waals surface area contributed by atoms with E-state index in [9.17, 15) is 9.50 Å². The molecule has 0 fully saturated rings. The Morgan fingerprint density at radius 2 is 1.94 bits per heavy atom. The van der Waals surface area contributed by atoms with E-state index in [1.165, 1.54) is 6.07 Å². The van der Waals surface area contributed by atoms with Gasteiger partial charge in [-0.3, -0.25) is 0 Å². The third kappa shape index (κ3) is 2.91. The molecule has 1 aromatic rings. The second kappa shape index (κ2) is 5.25. The van der Waals surface area contributed by atoms with Crippen LogP contribution in [-0.2, 0) is 6.54 Å². The van der Waals surface area contributed by atoms with E-state index < -0.39 is 17.1 Å². The summed E-state index contributed by atoms with van der Waals surface area (Å²) in [6, 6.07) is 4.22. The number of para-hydroxylation sites is 1. The number of benzene rings is 1. The molecule has 0 atom stereocenters. The number of phenols is 1. The molecule has 0 amide bonds. The fourth-order valence-electron chi connectivity index (χ4n) is 1.17. The number of hydrogen-bond acceptors (Lipinski definition) is 4. The number of halogens is 1. The highest BCUT2D eigenvalue weighted by Crippen LogP contribution is 2.20. The molecule has 0 heterocycles. The molecule has 1 rings (SSSR count). The maximum Gasteiger partial charge on any atom is 0.165 e. The highest BCUT2D eigenvalue weighted by molar-refractivity contribution is 5.33. The normalized spacial score (nSPS) is 11.8. The van der Waals surface area contributed by atoms with Gasteiger partial charge >= 0.3 is 0 Å². The topological polar surface area (TPSA) is 72.7 Å². The van der Waals surface area contributed by atoms with Crippen molar-refractivity contribution in [2.75, 3.05) is 13.2 Å². The molecule has 90 valence electrons. The minimum absolute atomic E-state index is 0.168. The lowest BCUT2D eigenvalue weighted by molar-refractivity contribution is 0.103. The molecule has 0 aliphatic heterocycles. The highest BCUT2D eigenvalue weighted by Gasteiger charge is 2.21. The molecule has 0 unspecified atom stereocenters. The Morgan fingerprint density at radius 3 is 2.50 bits per heavy atom. The summed E-state index contributed by atoms with van der Waals surface area (Å²) in [4.78, 5) is 0. The van der Waals surface area contributed by atoms with Gasteiger partial charge in [0, 0.05) is 12.1 Å². The summed E-state index contributed by atoms with van der Waals surface area (Å²) in [5, 5.41) is 30.3. The Labute approximate surface area is 93.4 Å². The minimum atomic E-state index is -0.848. The van der Waals surface area contributed by atoms with Crippen molar-refractivity contribution in [3.8, 4) is 5.75 Å². The molecule has 5 heteroatoms. The van der Waals surface area contributed by atoms with E-state index in [4.69, 9.17) is 10.2 Å². The van der Waals surface area contributed by atoms with Crippen molar-refractivity contribution >= 4 is 0 Å². The van der Waals surface area contributed by atoms with Crippen LogP contribution in [-0.4, -0.2) is 34.1 Å². The molecule has 4 N–H and O–H groups in total. The zero-order valence-corrected chi connectivity index (χ0v) is 9.07. The zero-order valence-electron chi connectivity index (χ0n) is 9.07. The second-order valence-corrected chi connectivity index (χ2v) is 3.98. The van der Waals surface area contributed by atoms with Crippen molar-refractivity contribution in [1.82, 2.24) is 5.32 Å². The number of nitrogens with one attached hydrogen (secondary N) is 1. The lowest BCUT2D eigenvalue weighted by Crippen LogP contribution is -2.48. The van der Waals surface area contributed by atoms with Crippen LogP contribution < -0.4 is 5.32 Å². The fourth-order valence-corrected chi connectivity index (χ4v) is 1.17. The van der Waals surface area contributed by atoms with Gasteiger partial charge in [-0.15, -0.1) is 0 Å². The van der Waals surface area contributed by atoms with Gasteiger partial charge in [0.15, 0.2) is 11.6 Å². The Morgan fingerprint density at radius 1 is 1.31 bits per heavy atom. The predicted molar refractivity (Wildman–Crippen MR) is 57.5 cm³/mol. The second-order valence-electron chi connectivity index (χ2n) is 3.98. The molecule has 0 radical (unpaired) electrons. The van der Waals surface area contributed by atoms with Crippen molar-refractivity contribution in [1.29, 1.82) is 0 Å². The van der Waals surface area contributed by atoms with E-state index in [-0.39, 0.29) is 19.8 Å². The molecule has 0 bridgehead atoms.